The van der Waals surface area contributed by atoms with E-state index in [4.69, 9.17) is 4.74 Å². The molecule has 0 saturated carbocycles. The van der Waals surface area contributed by atoms with Gasteiger partial charge in [0, 0.05) is 13.1 Å². The van der Waals surface area contributed by atoms with Crippen LogP contribution in [0.25, 0.3) is 0 Å². The number of aliphatic hydroxyl groups is 1. The summed E-state index contributed by atoms with van der Waals surface area (Å²) in [5, 5.41) is 18.7. The summed E-state index contributed by atoms with van der Waals surface area (Å²) in [6.45, 7) is 1.43. The molecule has 2 aliphatic heterocycles. The Morgan fingerprint density at radius 3 is 2.76 bits per heavy atom. The zero-order valence-electron chi connectivity index (χ0n) is 11.4. The Kier molecular flexibility index (Phi) is 3.42. The number of ether oxygens (including phenoxy) is 1. The minimum atomic E-state index is -1.09. The van der Waals surface area contributed by atoms with Crippen LogP contribution in [0.4, 0.5) is 10.5 Å². The number of carboxylic acid groups (broad SMARTS) is 1. The van der Waals surface area contributed by atoms with Gasteiger partial charge in [-0.05, 0) is 18.6 Å². The van der Waals surface area contributed by atoms with Gasteiger partial charge in [-0.3, -0.25) is 4.90 Å². The zero-order valence-corrected chi connectivity index (χ0v) is 11.4. The number of aliphatic hydroxyl groups excluding tert-OH is 1. The van der Waals surface area contributed by atoms with Crippen LogP contribution in [0.2, 0.25) is 0 Å². The van der Waals surface area contributed by atoms with E-state index in [1.54, 1.807) is 17.0 Å². The third kappa shape index (κ3) is 2.40. The van der Waals surface area contributed by atoms with E-state index in [0.717, 1.165) is 0 Å². The average molecular weight is 292 g/mol. The van der Waals surface area contributed by atoms with Gasteiger partial charge in [0.25, 0.3) is 0 Å². The van der Waals surface area contributed by atoms with Gasteiger partial charge in [0.1, 0.15) is 12.2 Å². The topological polar surface area (TPSA) is 90.3 Å². The van der Waals surface area contributed by atoms with Crippen LogP contribution >= 0.6 is 0 Å². The molecule has 0 spiro atoms. The Morgan fingerprint density at radius 1 is 1.29 bits per heavy atom. The summed E-state index contributed by atoms with van der Waals surface area (Å²) in [6.07, 6.45) is 0.0813. The number of urea groups is 1. The fourth-order valence-electron chi connectivity index (χ4n) is 2.70. The third-order valence-electron chi connectivity index (χ3n) is 3.74. The molecule has 7 nitrogen and oxygen atoms in total. The van der Waals surface area contributed by atoms with Crippen LogP contribution in [-0.2, 0) is 0 Å². The summed E-state index contributed by atoms with van der Waals surface area (Å²) >= 11 is 0. The molecule has 3 rings (SSSR count). The maximum Gasteiger partial charge on any atom is 0.339 e. The van der Waals surface area contributed by atoms with Crippen molar-refractivity contribution >= 4 is 17.7 Å². The van der Waals surface area contributed by atoms with Crippen LogP contribution in [0.3, 0.4) is 0 Å². The minimum absolute atomic E-state index is 0.0476. The molecule has 0 bridgehead atoms. The normalized spacial score (nSPS) is 20.9. The second-order valence-electron chi connectivity index (χ2n) is 5.13. The van der Waals surface area contributed by atoms with Crippen molar-refractivity contribution in [3.63, 3.8) is 0 Å². The van der Waals surface area contributed by atoms with Crippen LogP contribution < -0.4 is 9.64 Å². The third-order valence-corrected chi connectivity index (χ3v) is 3.74. The molecule has 2 heterocycles. The van der Waals surface area contributed by atoms with E-state index < -0.39 is 12.1 Å². The number of β-amino-alcohol motifs (C(OH)–C–C–N with tert-alkyl or cyclic N) is 1. The molecule has 1 aromatic rings. The molecule has 1 atom stereocenters. The van der Waals surface area contributed by atoms with Crippen molar-refractivity contribution in [2.45, 2.75) is 12.5 Å². The molecule has 0 radical (unpaired) electrons. The first-order valence-electron chi connectivity index (χ1n) is 6.81. The Morgan fingerprint density at radius 2 is 2.10 bits per heavy atom. The van der Waals surface area contributed by atoms with E-state index in [1.165, 1.54) is 11.0 Å². The first-order valence-corrected chi connectivity index (χ1v) is 6.81. The van der Waals surface area contributed by atoms with Crippen molar-refractivity contribution in [3.05, 3.63) is 23.8 Å². The number of hydrogen-bond donors (Lipinski definition) is 2. The summed E-state index contributed by atoms with van der Waals surface area (Å²) < 4.78 is 5.44. The molecule has 1 unspecified atom stereocenters. The van der Waals surface area contributed by atoms with Gasteiger partial charge in [-0.15, -0.1) is 0 Å². The summed E-state index contributed by atoms with van der Waals surface area (Å²) in [4.78, 5) is 26.8. The number of benzene rings is 1. The van der Waals surface area contributed by atoms with Gasteiger partial charge in [-0.1, -0.05) is 6.07 Å². The highest BCUT2D eigenvalue weighted by molar-refractivity contribution is 5.99. The highest BCUT2D eigenvalue weighted by Crippen LogP contribution is 2.35. The first-order chi connectivity index (χ1) is 10.1. The predicted octanol–water partition coefficient (Wildman–Crippen LogP) is 0.770. The largest absolute Gasteiger partial charge is 0.489 e. The van der Waals surface area contributed by atoms with Crippen LogP contribution in [0, 0.1) is 0 Å². The number of para-hydroxylation sites is 1. The van der Waals surface area contributed by atoms with Gasteiger partial charge in [0.05, 0.1) is 18.3 Å². The summed E-state index contributed by atoms with van der Waals surface area (Å²) in [5.41, 5.74) is 0.513. The molecular formula is C14H16N2O5. The van der Waals surface area contributed by atoms with E-state index in [0.29, 0.717) is 31.7 Å². The van der Waals surface area contributed by atoms with Crippen molar-refractivity contribution in [2.75, 3.05) is 31.1 Å². The molecule has 1 fully saturated rings. The maximum absolute atomic E-state index is 12.5. The smallest absolute Gasteiger partial charge is 0.339 e. The van der Waals surface area contributed by atoms with Crippen LogP contribution in [-0.4, -0.2) is 59.5 Å². The predicted molar refractivity (Wildman–Crippen MR) is 73.8 cm³/mol. The molecule has 1 aromatic carbocycles. The fourth-order valence-corrected chi connectivity index (χ4v) is 2.70. The highest BCUT2D eigenvalue weighted by atomic mass is 16.5. The van der Waals surface area contributed by atoms with E-state index in [-0.39, 0.29) is 24.0 Å². The number of anilines is 1. The van der Waals surface area contributed by atoms with Gasteiger partial charge in [0.15, 0.2) is 5.75 Å². The minimum Gasteiger partial charge on any atom is -0.489 e. The van der Waals surface area contributed by atoms with E-state index in [9.17, 15) is 19.8 Å². The number of likely N-dealkylation sites (tertiary alicyclic amines) is 1. The number of aromatic carboxylic acids is 1. The highest BCUT2D eigenvalue weighted by Gasteiger charge is 2.33. The standard InChI is InChI=1S/C14H16N2O5/c17-9-4-5-15(8-9)14(20)16-6-7-21-12-10(13(18)19)2-1-3-11(12)16/h1-3,9,17H,4-8H2,(H,18,19). The Balaban J connectivity index is 1.92. The van der Waals surface area contributed by atoms with Crippen LogP contribution in [0.15, 0.2) is 18.2 Å². The van der Waals surface area contributed by atoms with Crippen LogP contribution in [0.1, 0.15) is 16.8 Å². The number of rotatable bonds is 1. The number of amides is 2. The monoisotopic (exact) mass is 292 g/mol. The average Bonchev–Trinajstić information content (AvgIpc) is 2.91. The lowest BCUT2D eigenvalue weighted by Gasteiger charge is -2.33. The molecule has 21 heavy (non-hydrogen) atoms. The molecule has 2 amide bonds. The van der Waals surface area contributed by atoms with Gasteiger partial charge in [0.2, 0.25) is 0 Å². The molecule has 2 aliphatic rings. The molecule has 2 N–H and O–H groups in total. The van der Waals surface area contributed by atoms with Crippen LogP contribution in [0.5, 0.6) is 5.75 Å². The lowest BCUT2D eigenvalue weighted by molar-refractivity contribution is 0.0691. The van der Waals surface area contributed by atoms with Crippen molar-refractivity contribution in [2.24, 2.45) is 0 Å². The van der Waals surface area contributed by atoms with Crippen molar-refractivity contribution < 1.29 is 24.5 Å². The number of hydrogen-bond acceptors (Lipinski definition) is 4. The second-order valence-corrected chi connectivity index (χ2v) is 5.13. The zero-order chi connectivity index (χ0) is 15.0. The number of nitrogens with zero attached hydrogens (tertiary/aromatic N) is 2. The van der Waals surface area contributed by atoms with Crippen molar-refractivity contribution in [1.29, 1.82) is 0 Å². The van der Waals surface area contributed by atoms with Gasteiger partial charge < -0.3 is 19.8 Å². The van der Waals surface area contributed by atoms with Gasteiger partial charge >= 0.3 is 12.0 Å². The summed E-state index contributed by atoms with van der Waals surface area (Å²) in [6, 6.07) is 4.49. The number of carbonyl (C=O) groups is 2. The SMILES string of the molecule is O=C(O)c1cccc2c1OCCN2C(=O)N1CCC(O)C1. The first kappa shape index (κ1) is 13.7. The Hall–Kier alpha value is -2.28. The Labute approximate surface area is 121 Å². The number of fused-ring (bicyclic) bond motifs is 1. The maximum atomic E-state index is 12.5. The van der Waals surface area contributed by atoms with E-state index in [2.05, 4.69) is 0 Å². The summed E-state index contributed by atoms with van der Waals surface area (Å²) in [5.74, 6) is -0.859. The molecule has 7 heteroatoms. The van der Waals surface area contributed by atoms with E-state index >= 15 is 0 Å². The Bertz CT molecular complexity index is 589. The van der Waals surface area contributed by atoms with Gasteiger partial charge in [-0.2, -0.15) is 0 Å². The number of carbonyl (C=O) groups excluding carboxylic acids is 1. The molecule has 0 aliphatic carbocycles. The molecule has 112 valence electrons. The van der Waals surface area contributed by atoms with Gasteiger partial charge in [-0.25, -0.2) is 9.59 Å². The van der Waals surface area contributed by atoms with Crippen molar-refractivity contribution in [3.8, 4) is 5.75 Å². The van der Waals surface area contributed by atoms with E-state index in [1.807, 2.05) is 0 Å². The fraction of sp³-hybridized carbons (Fsp3) is 0.429. The molecule has 1 saturated heterocycles. The molecular weight excluding hydrogens is 276 g/mol. The number of carboxylic acids is 1. The lowest BCUT2D eigenvalue weighted by atomic mass is 10.1. The second kappa shape index (κ2) is 5.25. The quantitative estimate of drug-likeness (QED) is 0.798. The molecule has 0 aromatic heterocycles. The summed E-state index contributed by atoms with van der Waals surface area (Å²) in [7, 11) is 0. The van der Waals surface area contributed by atoms with Crippen molar-refractivity contribution in [1.82, 2.24) is 4.90 Å². The lowest BCUT2D eigenvalue weighted by Crippen LogP contribution is -2.46.